The zero-order valence-corrected chi connectivity index (χ0v) is 23.5. The lowest BCUT2D eigenvalue weighted by Gasteiger charge is -2.34. The highest BCUT2D eigenvalue weighted by atomic mass is 19.1. The molecule has 9 heteroatoms. The third-order valence-electron chi connectivity index (χ3n) is 8.73. The van der Waals surface area contributed by atoms with Crippen molar-refractivity contribution in [2.24, 2.45) is 4.99 Å². The summed E-state index contributed by atoms with van der Waals surface area (Å²) in [5.41, 5.74) is 5.17. The molecule has 1 aromatic heterocycles. The summed E-state index contributed by atoms with van der Waals surface area (Å²) in [5, 5.41) is 9.53. The maximum Gasteiger partial charge on any atom is 0.335 e. The average molecular weight is 569 g/mol. The number of aryl methyl sites for hydroxylation is 1. The maximum atomic E-state index is 14.7. The minimum Gasteiger partial charge on any atom is -0.478 e. The van der Waals surface area contributed by atoms with E-state index in [9.17, 15) is 14.3 Å². The first-order chi connectivity index (χ1) is 20.4. The summed E-state index contributed by atoms with van der Waals surface area (Å²) in [6, 6.07) is 16.4. The number of aromatic carboxylic acids is 1. The lowest BCUT2D eigenvalue weighted by molar-refractivity contribution is -0.0592. The quantitative estimate of drug-likeness (QED) is 0.286. The average Bonchev–Trinajstić information content (AvgIpc) is 3.30. The number of hydrogen-bond acceptors (Lipinski definition) is 6. The molecule has 2 saturated heterocycles. The molecule has 3 aliphatic rings. The minimum atomic E-state index is -0.943. The van der Waals surface area contributed by atoms with Crippen LogP contribution in [0.4, 0.5) is 10.1 Å². The molecule has 1 N–H and O–H groups in total. The predicted octanol–water partition coefficient (Wildman–Crippen LogP) is 6.19. The maximum absolute atomic E-state index is 14.7. The summed E-state index contributed by atoms with van der Waals surface area (Å²) in [4.78, 5) is 23.6. The monoisotopic (exact) mass is 568 g/mol. The summed E-state index contributed by atoms with van der Waals surface area (Å²) in [6.07, 6.45) is 4.14. The smallest absolute Gasteiger partial charge is 0.335 e. The number of likely N-dealkylation sites (tertiary alicyclic amines) is 1. The molecule has 2 fully saturated rings. The van der Waals surface area contributed by atoms with Crippen molar-refractivity contribution in [1.29, 1.82) is 0 Å². The summed E-state index contributed by atoms with van der Waals surface area (Å²) >= 11 is 0. The Morgan fingerprint density at radius 1 is 1.07 bits per heavy atom. The summed E-state index contributed by atoms with van der Waals surface area (Å²) in [7, 11) is 0. The first-order valence-corrected chi connectivity index (χ1v) is 14.6. The van der Waals surface area contributed by atoms with Crippen molar-refractivity contribution in [3.05, 3.63) is 88.5 Å². The van der Waals surface area contributed by atoms with E-state index in [4.69, 9.17) is 14.5 Å². The fourth-order valence-electron chi connectivity index (χ4n) is 6.27. The SMILES string of the molecule is Cc1ccc(C2C=Nc3cccc(C4CCN(Cc5nc6ccc(C(=O)O)cc6n5CC5CCO5)CC4)c3O2)c(F)c1. The Morgan fingerprint density at radius 3 is 2.64 bits per heavy atom. The van der Waals surface area contributed by atoms with Crippen LogP contribution in [-0.2, 0) is 17.8 Å². The fourth-order valence-corrected chi connectivity index (χ4v) is 6.27. The number of aromatic nitrogens is 2. The molecule has 42 heavy (non-hydrogen) atoms. The van der Waals surface area contributed by atoms with Crippen molar-refractivity contribution in [2.75, 3.05) is 19.7 Å². The van der Waals surface area contributed by atoms with Gasteiger partial charge in [0.25, 0.3) is 0 Å². The van der Waals surface area contributed by atoms with Crippen LogP contribution in [0, 0.1) is 12.7 Å². The number of aliphatic imine (C=N–C) groups is 1. The first kappa shape index (κ1) is 26.8. The van der Waals surface area contributed by atoms with Gasteiger partial charge in [-0.3, -0.25) is 9.89 Å². The molecule has 0 spiro atoms. The van der Waals surface area contributed by atoms with Gasteiger partial charge >= 0.3 is 5.97 Å². The molecule has 0 aliphatic carbocycles. The van der Waals surface area contributed by atoms with Crippen LogP contribution in [-0.4, -0.2) is 57.5 Å². The van der Waals surface area contributed by atoms with Gasteiger partial charge in [0.2, 0.25) is 0 Å². The van der Waals surface area contributed by atoms with Gasteiger partial charge in [-0.1, -0.05) is 24.3 Å². The van der Waals surface area contributed by atoms with Crippen molar-refractivity contribution < 1.29 is 23.8 Å². The van der Waals surface area contributed by atoms with Crippen molar-refractivity contribution in [3.8, 4) is 5.75 Å². The number of ether oxygens (including phenoxy) is 2. The molecule has 8 nitrogen and oxygen atoms in total. The van der Waals surface area contributed by atoms with E-state index in [-0.39, 0.29) is 17.5 Å². The molecule has 7 rings (SSSR count). The third-order valence-corrected chi connectivity index (χ3v) is 8.73. The van der Waals surface area contributed by atoms with Gasteiger partial charge in [-0.25, -0.2) is 14.2 Å². The molecular formula is C33H33FN4O4. The van der Waals surface area contributed by atoms with Crippen LogP contribution in [0.5, 0.6) is 5.75 Å². The molecule has 3 aliphatic heterocycles. The van der Waals surface area contributed by atoms with E-state index in [2.05, 4.69) is 20.5 Å². The van der Waals surface area contributed by atoms with Crippen molar-refractivity contribution in [1.82, 2.24) is 14.5 Å². The molecule has 0 saturated carbocycles. The Kier molecular flexibility index (Phi) is 6.99. The van der Waals surface area contributed by atoms with Crippen LogP contribution in [0.3, 0.4) is 0 Å². The fraction of sp³-hybridized carbons (Fsp3) is 0.364. The third kappa shape index (κ3) is 5.07. The van der Waals surface area contributed by atoms with E-state index in [0.29, 0.717) is 24.6 Å². The van der Waals surface area contributed by atoms with Gasteiger partial charge in [0, 0.05) is 12.2 Å². The van der Waals surface area contributed by atoms with Gasteiger partial charge < -0.3 is 19.1 Å². The lowest BCUT2D eigenvalue weighted by atomic mass is 9.88. The number of nitrogens with zero attached hydrogens (tertiary/aromatic N) is 4. The molecule has 0 radical (unpaired) electrons. The Balaban J connectivity index is 1.08. The van der Waals surface area contributed by atoms with Gasteiger partial charge in [0.15, 0.2) is 6.10 Å². The van der Waals surface area contributed by atoms with Crippen LogP contribution in [0.2, 0.25) is 0 Å². The van der Waals surface area contributed by atoms with Crippen molar-refractivity contribution >= 4 is 28.9 Å². The normalized spacial score (nSPS) is 20.7. The van der Waals surface area contributed by atoms with Crippen molar-refractivity contribution in [2.45, 2.75) is 57.4 Å². The Morgan fingerprint density at radius 2 is 1.90 bits per heavy atom. The van der Waals surface area contributed by atoms with Gasteiger partial charge in [-0.2, -0.15) is 0 Å². The second kappa shape index (κ2) is 11.0. The number of benzene rings is 3. The number of rotatable bonds is 7. The second-order valence-corrected chi connectivity index (χ2v) is 11.5. The zero-order valence-electron chi connectivity index (χ0n) is 23.5. The number of para-hydroxylation sites is 1. The van der Waals surface area contributed by atoms with Crippen LogP contribution in [0.15, 0.2) is 59.6 Å². The predicted molar refractivity (Wildman–Crippen MR) is 157 cm³/mol. The summed E-state index contributed by atoms with van der Waals surface area (Å²) in [6.45, 7) is 5.75. The number of piperidine rings is 1. The topological polar surface area (TPSA) is 89.2 Å². The van der Waals surface area contributed by atoms with Crippen LogP contribution < -0.4 is 4.74 Å². The van der Waals surface area contributed by atoms with Crippen LogP contribution in [0.1, 0.15) is 64.2 Å². The van der Waals surface area contributed by atoms with E-state index in [1.165, 1.54) is 6.07 Å². The molecule has 2 unspecified atom stereocenters. The summed E-state index contributed by atoms with van der Waals surface area (Å²) < 4.78 is 29.0. The van der Waals surface area contributed by atoms with Gasteiger partial charge in [-0.05, 0) is 86.7 Å². The van der Waals surface area contributed by atoms with Crippen molar-refractivity contribution in [3.63, 3.8) is 0 Å². The van der Waals surface area contributed by atoms with E-state index < -0.39 is 12.1 Å². The van der Waals surface area contributed by atoms with Gasteiger partial charge in [0.1, 0.15) is 23.1 Å². The van der Waals surface area contributed by atoms with Gasteiger partial charge in [-0.15, -0.1) is 0 Å². The largest absolute Gasteiger partial charge is 0.478 e. The number of carboxylic acids is 1. The van der Waals surface area contributed by atoms with E-state index in [0.717, 1.165) is 78.4 Å². The Bertz CT molecular complexity index is 1690. The summed E-state index contributed by atoms with van der Waals surface area (Å²) in [5.74, 6) is 0.753. The number of imidazole rings is 1. The molecule has 216 valence electrons. The Hall–Kier alpha value is -4.08. The highest BCUT2D eigenvalue weighted by Crippen LogP contribution is 2.44. The second-order valence-electron chi connectivity index (χ2n) is 11.5. The molecule has 4 aromatic rings. The van der Waals surface area contributed by atoms with Crippen LogP contribution in [0.25, 0.3) is 11.0 Å². The standard InChI is InChI=1S/C33H33FN4O4/c1-20-5-7-25(26(34)15-20)30-17-35-28-4-2-3-24(32(28)42-30)21-9-12-37(13-10-21)19-31-36-27-8-6-22(33(39)40)16-29(27)38(31)18-23-11-14-41-23/h2-8,15-17,21,23,30H,9-14,18-19H2,1H3,(H,39,40). The van der Waals surface area contributed by atoms with Crippen LogP contribution >= 0.6 is 0 Å². The molecule has 0 bridgehead atoms. The highest BCUT2D eigenvalue weighted by molar-refractivity contribution is 5.92. The number of carboxylic acid groups (broad SMARTS) is 1. The lowest BCUT2D eigenvalue weighted by Crippen LogP contribution is -2.35. The van der Waals surface area contributed by atoms with E-state index in [1.807, 2.05) is 25.1 Å². The first-order valence-electron chi connectivity index (χ1n) is 14.6. The molecular weight excluding hydrogens is 535 g/mol. The number of halogens is 1. The van der Waals surface area contributed by atoms with E-state index in [1.54, 1.807) is 30.5 Å². The number of fused-ring (bicyclic) bond motifs is 2. The molecule has 2 atom stereocenters. The highest BCUT2D eigenvalue weighted by Gasteiger charge is 2.30. The molecule has 0 amide bonds. The minimum absolute atomic E-state index is 0.129. The van der Waals surface area contributed by atoms with E-state index >= 15 is 0 Å². The molecule has 4 heterocycles. The molecule has 3 aromatic carbocycles. The van der Waals surface area contributed by atoms with Gasteiger partial charge in [0.05, 0.1) is 42.0 Å². The Labute approximate surface area is 243 Å². The number of carbonyl (C=O) groups is 1. The number of hydrogen-bond donors (Lipinski definition) is 1. The zero-order chi connectivity index (χ0) is 28.8.